The van der Waals surface area contributed by atoms with Gasteiger partial charge in [0.2, 0.25) is 0 Å². The lowest BCUT2D eigenvalue weighted by Gasteiger charge is -2.11. The first kappa shape index (κ1) is 13.7. The van der Waals surface area contributed by atoms with Crippen LogP contribution >= 0.6 is 0 Å². The Balaban J connectivity index is 2.42. The summed E-state index contributed by atoms with van der Waals surface area (Å²) in [6.07, 6.45) is 0. The SMILES string of the molecule is COc1cc(Nc2c(C#N)c(C)nn2C)cc(OC)c1. The third-order valence-corrected chi connectivity index (χ3v) is 2.95. The molecule has 104 valence electrons. The number of aryl methyl sites for hydroxylation is 2. The van der Waals surface area contributed by atoms with E-state index >= 15 is 0 Å². The Hall–Kier alpha value is -2.68. The van der Waals surface area contributed by atoms with E-state index in [0.717, 1.165) is 5.69 Å². The minimum Gasteiger partial charge on any atom is -0.497 e. The Labute approximate surface area is 117 Å². The van der Waals surface area contributed by atoms with Gasteiger partial charge >= 0.3 is 0 Å². The minimum absolute atomic E-state index is 0.522. The van der Waals surface area contributed by atoms with Crippen LogP contribution in [0.1, 0.15) is 11.3 Å². The molecule has 0 spiro atoms. The predicted octanol–water partition coefficient (Wildman–Crippen LogP) is 2.36. The molecular weight excluding hydrogens is 256 g/mol. The average Bonchev–Trinajstić information content (AvgIpc) is 2.72. The second-order valence-corrected chi connectivity index (χ2v) is 4.27. The molecule has 6 nitrogen and oxygen atoms in total. The van der Waals surface area contributed by atoms with E-state index in [0.29, 0.717) is 28.6 Å². The molecule has 1 aromatic carbocycles. The highest BCUT2D eigenvalue weighted by molar-refractivity contribution is 5.66. The summed E-state index contributed by atoms with van der Waals surface area (Å²) in [6, 6.07) is 7.59. The van der Waals surface area contributed by atoms with Crippen molar-refractivity contribution >= 4 is 11.5 Å². The Morgan fingerprint density at radius 2 is 1.80 bits per heavy atom. The molecule has 0 fully saturated rings. The van der Waals surface area contributed by atoms with Crippen molar-refractivity contribution in [2.45, 2.75) is 6.92 Å². The van der Waals surface area contributed by atoms with Crippen molar-refractivity contribution in [1.82, 2.24) is 9.78 Å². The number of aromatic nitrogens is 2. The molecule has 0 amide bonds. The molecule has 0 unspecified atom stereocenters. The quantitative estimate of drug-likeness (QED) is 0.925. The van der Waals surface area contributed by atoms with Crippen LogP contribution in [0.2, 0.25) is 0 Å². The monoisotopic (exact) mass is 272 g/mol. The first-order valence-electron chi connectivity index (χ1n) is 6.02. The lowest BCUT2D eigenvalue weighted by atomic mass is 10.2. The number of methoxy groups -OCH3 is 2. The van der Waals surface area contributed by atoms with Gasteiger partial charge in [0, 0.05) is 30.9 Å². The topological polar surface area (TPSA) is 72.1 Å². The summed E-state index contributed by atoms with van der Waals surface area (Å²) in [6.45, 7) is 1.80. The lowest BCUT2D eigenvalue weighted by molar-refractivity contribution is 0.395. The molecule has 6 heteroatoms. The number of ether oxygens (including phenoxy) is 2. The molecule has 0 aliphatic rings. The molecule has 2 rings (SSSR count). The van der Waals surface area contributed by atoms with Crippen LogP contribution < -0.4 is 14.8 Å². The number of hydrogen-bond donors (Lipinski definition) is 1. The van der Waals surface area contributed by atoms with Gasteiger partial charge in [0.25, 0.3) is 0 Å². The summed E-state index contributed by atoms with van der Waals surface area (Å²) in [5.41, 5.74) is 1.97. The molecule has 0 bridgehead atoms. The van der Waals surface area contributed by atoms with E-state index in [-0.39, 0.29) is 0 Å². The standard InChI is InChI=1S/C14H16N4O2/c1-9-13(8-15)14(18(2)17-9)16-10-5-11(19-3)7-12(6-10)20-4/h5-7,16H,1-4H3. The molecule has 20 heavy (non-hydrogen) atoms. The average molecular weight is 272 g/mol. The van der Waals surface area contributed by atoms with Gasteiger partial charge in [-0.05, 0) is 6.92 Å². The maximum atomic E-state index is 9.20. The number of anilines is 2. The molecule has 0 saturated heterocycles. The zero-order valence-corrected chi connectivity index (χ0v) is 11.9. The fourth-order valence-electron chi connectivity index (χ4n) is 1.95. The highest BCUT2D eigenvalue weighted by atomic mass is 16.5. The molecule has 0 saturated carbocycles. The van der Waals surface area contributed by atoms with Crippen molar-refractivity contribution in [2.24, 2.45) is 7.05 Å². The van der Waals surface area contributed by atoms with Crippen molar-refractivity contribution in [3.63, 3.8) is 0 Å². The molecular formula is C14H16N4O2. The number of hydrogen-bond acceptors (Lipinski definition) is 5. The Morgan fingerprint density at radius 3 is 2.30 bits per heavy atom. The smallest absolute Gasteiger partial charge is 0.146 e. The Bertz CT molecular complexity index is 648. The minimum atomic E-state index is 0.522. The molecule has 1 aromatic heterocycles. The van der Waals surface area contributed by atoms with Gasteiger partial charge in [-0.25, -0.2) is 0 Å². The predicted molar refractivity (Wildman–Crippen MR) is 75.5 cm³/mol. The fourth-order valence-corrected chi connectivity index (χ4v) is 1.95. The number of nitrogens with one attached hydrogen (secondary N) is 1. The summed E-state index contributed by atoms with van der Waals surface area (Å²) < 4.78 is 12.1. The van der Waals surface area contributed by atoms with Gasteiger partial charge in [-0.3, -0.25) is 4.68 Å². The summed E-state index contributed by atoms with van der Waals surface area (Å²) in [5, 5.41) is 16.6. The summed E-state index contributed by atoms with van der Waals surface area (Å²) >= 11 is 0. The fraction of sp³-hybridized carbons (Fsp3) is 0.286. The summed E-state index contributed by atoms with van der Waals surface area (Å²) in [7, 11) is 4.97. The number of benzene rings is 1. The highest BCUT2D eigenvalue weighted by Crippen LogP contribution is 2.29. The maximum Gasteiger partial charge on any atom is 0.146 e. The van der Waals surface area contributed by atoms with Crippen molar-refractivity contribution < 1.29 is 9.47 Å². The molecule has 0 radical (unpaired) electrons. The van der Waals surface area contributed by atoms with E-state index in [4.69, 9.17) is 9.47 Å². The van der Waals surface area contributed by atoms with Crippen molar-refractivity contribution in [3.8, 4) is 17.6 Å². The van der Waals surface area contributed by atoms with E-state index in [1.165, 1.54) is 0 Å². The van der Waals surface area contributed by atoms with Crippen LogP contribution in [0.25, 0.3) is 0 Å². The number of nitriles is 1. The van der Waals surface area contributed by atoms with E-state index in [2.05, 4.69) is 16.5 Å². The Kier molecular flexibility index (Phi) is 3.80. The van der Waals surface area contributed by atoms with Crippen LogP contribution in [0.15, 0.2) is 18.2 Å². The van der Waals surface area contributed by atoms with Gasteiger partial charge in [0.05, 0.1) is 19.9 Å². The van der Waals surface area contributed by atoms with Crippen LogP contribution in [0.3, 0.4) is 0 Å². The highest BCUT2D eigenvalue weighted by Gasteiger charge is 2.13. The van der Waals surface area contributed by atoms with Gasteiger partial charge in [-0.2, -0.15) is 10.4 Å². The van der Waals surface area contributed by atoms with Crippen molar-refractivity contribution in [3.05, 3.63) is 29.5 Å². The van der Waals surface area contributed by atoms with Gasteiger partial charge in [0.1, 0.15) is 28.9 Å². The molecule has 0 aliphatic heterocycles. The maximum absolute atomic E-state index is 9.20. The van der Waals surface area contributed by atoms with Gasteiger partial charge in [-0.1, -0.05) is 0 Å². The van der Waals surface area contributed by atoms with E-state index < -0.39 is 0 Å². The number of nitrogens with zero attached hydrogens (tertiary/aromatic N) is 3. The summed E-state index contributed by atoms with van der Waals surface area (Å²) in [5.74, 6) is 1.98. The largest absolute Gasteiger partial charge is 0.497 e. The van der Waals surface area contributed by atoms with Crippen LogP contribution in [-0.2, 0) is 7.05 Å². The van der Waals surface area contributed by atoms with Crippen LogP contribution in [0.5, 0.6) is 11.5 Å². The zero-order valence-electron chi connectivity index (χ0n) is 11.9. The van der Waals surface area contributed by atoms with E-state index in [1.807, 2.05) is 12.1 Å². The second kappa shape index (κ2) is 5.53. The lowest BCUT2D eigenvalue weighted by Crippen LogP contribution is -2.01. The third kappa shape index (κ3) is 2.52. The summed E-state index contributed by atoms with van der Waals surface area (Å²) in [4.78, 5) is 0. The van der Waals surface area contributed by atoms with Crippen molar-refractivity contribution in [1.29, 1.82) is 5.26 Å². The van der Waals surface area contributed by atoms with Gasteiger partial charge in [0.15, 0.2) is 0 Å². The normalized spacial score (nSPS) is 9.95. The van der Waals surface area contributed by atoms with E-state index in [1.54, 1.807) is 38.9 Å². The zero-order chi connectivity index (χ0) is 14.7. The Morgan fingerprint density at radius 1 is 1.20 bits per heavy atom. The van der Waals surface area contributed by atoms with Crippen LogP contribution in [0, 0.1) is 18.3 Å². The van der Waals surface area contributed by atoms with Gasteiger partial charge < -0.3 is 14.8 Å². The van der Waals surface area contributed by atoms with Crippen LogP contribution in [-0.4, -0.2) is 24.0 Å². The first-order chi connectivity index (χ1) is 9.58. The van der Waals surface area contributed by atoms with Gasteiger partial charge in [-0.15, -0.1) is 0 Å². The van der Waals surface area contributed by atoms with Crippen LogP contribution in [0.4, 0.5) is 11.5 Å². The number of rotatable bonds is 4. The third-order valence-electron chi connectivity index (χ3n) is 2.95. The van der Waals surface area contributed by atoms with E-state index in [9.17, 15) is 5.26 Å². The molecule has 0 atom stereocenters. The molecule has 1 N–H and O–H groups in total. The molecule has 0 aliphatic carbocycles. The molecule has 2 aromatic rings. The van der Waals surface area contributed by atoms with Crippen molar-refractivity contribution in [2.75, 3.05) is 19.5 Å². The molecule has 1 heterocycles. The first-order valence-corrected chi connectivity index (χ1v) is 6.02. The second-order valence-electron chi connectivity index (χ2n) is 4.27.